The Morgan fingerprint density at radius 1 is 1.04 bits per heavy atom. The molecule has 2 aromatic carbocycles. The number of rotatable bonds is 3. The average Bonchev–Trinajstić information content (AvgIpc) is 2.60. The van der Waals surface area contributed by atoms with E-state index in [0.29, 0.717) is 0 Å². The van der Waals surface area contributed by atoms with E-state index in [9.17, 15) is 17.6 Å². The van der Waals surface area contributed by atoms with Gasteiger partial charge in [0, 0.05) is 18.8 Å². The minimum atomic E-state index is -3.87. The molecule has 0 saturated carbocycles. The molecule has 3 rings (SSSR count). The van der Waals surface area contributed by atoms with Gasteiger partial charge in [0.05, 0.1) is 4.90 Å². The molecule has 5 nitrogen and oxygen atoms in total. The van der Waals surface area contributed by atoms with Crippen LogP contribution in [0.15, 0.2) is 47.4 Å². The number of carbonyl (C=O) groups is 1. The topological polar surface area (TPSA) is 57.7 Å². The summed E-state index contributed by atoms with van der Waals surface area (Å²) in [7, 11) is -3.87. The van der Waals surface area contributed by atoms with Crippen LogP contribution in [-0.4, -0.2) is 37.8 Å². The molecule has 1 atom stereocenters. The first-order chi connectivity index (χ1) is 12.2. The zero-order valence-electron chi connectivity index (χ0n) is 14.9. The van der Waals surface area contributed by atoms with Crippen LogP contribution in [0, 0.1) is 19.7 Å². The highest BCUT2D eigenvalue weighted by Gasteiger charge is 2.39. The zero-order valence-corrected chi connectivity index (χ0v) is 15.8. The molecule has 2 aromatic rings. The summed E-state index contributed by atoms with van der Waals surface area (Å²) in [5, 5.41) is 0. The van der Waals surface area contributed by atoms with Crippen molar-refractivity contribution in [3.8, 4) is 0 Å². The van der Waals surface area contributed by atoms with Gasteiger partial charge >= 0.3 is 0 Å². The molecule has 0 aliphatic carbocycles. The van der Waals surface area contributed by atoms with E-state index in [2.05, 4.69) is 0 Å². The van der Waals surface area contributed by atoms with Crippen LogP contribution in [0.5, 0.6) is 0 Å². The van der Waals surface area contributed by atoms with Crippen LogP contribution >= 0.6 is 0 Å². The second kappa shape index (κ2) is 6.81. The van der Waals surface area contributed by atoms with Gasteiger partial charge in [0.1, 0.15) is 11.9 Å². The Bertz CT molecular complexity index is 942. The van der Waals surface area contributed by atoms with E-state index in [0.717, 1.165) is 28.9 Å². The van der Waals surface area contributed by atoms with Gasteiger partial charge in [0.2, 0.25) is 15.9 Å². The Balaban J connectivity index is 1.90. The highest BCUT2D eigenvalue weighted by Crippen LogP contribution is 2.28. The Hall–Kier alpha value is -2.25. The molecule has 1 aliphatic rings. The minimum Gasteiger partial charge on any atom is -0.309 e. The predicted octanol–water partition coefficient (Wildman–Crippen LogP) is 2.87. The van der Waals surface area contributed by atoms with E-state index in [1.165, 1.54) is 16.4 Å². The summed E-state index contributed by atoms with van der Waals surface area (Å²) in [5.74, 6) is -0.775. The number of piperazine rings is 1. The first-order valence-electron chi connectivity index (χ1n) is 8.38. The molecule has 138 valence electrons. The molecule has 1 heterocycles. The average molecular weight is 376 g/mol. The lowest BCUT2D eigenvalue weighted by Crippen LogP contribution is -2.57. The first kappa shape index (κ1) is 18.5. The molecule has 0 unspecified atom stereocenters. The number of anilines is 1. The van der Waals surface area contributed by atoms with Gasteiger partial charge in [-0.05, 0) is 62.2 Å². The maximum atomic E-state index is 13.1. The molecule has 0 radical (unpaired) electrons. The van der Waals surface area contributed by atoms with E-state index in [-0.39, 0.29) is 23.9 Å². The lowest BCUT2D eigenvalue weighted by atomic mass is 10.1. The molecule has 26 heavy (non-hydrogen) atoms. The maximum Gasteiger partial charge on any atom is 0.245 e. The molecule has 0 N–H and O–H groups in total. The second-order valence-corrected chi connectivity index (χ2v) is 8.35. The van der Waals surface area contributed by atoms with Crippen LogP contribution in [0.1, 0.15) is 18.1 Å². The van der Waals surface area contributed by atoms with Crippen LogP contribution < -0.4 is 4.90 Å². The molecule has 1 aliphatic heterocycles. The molecule has 1 fully saturated rings. The highest BCUT2D eigenvalue weighted by molar-refractivity contribution is 7.89. The van der Waals surface area contributed by atoms with Crippen molar-refractivity contribution in [3.05, 3.63) is 59.4 Å². The van der Waals surface area contributed by atoms with Crippen molar-refractivity contribution >= 4 is 21.6 Å². The number of sulfonamides is 1. The fraction of sp³-hybridized carbons (Fsp3) is 0.316. The summed E-state index contributed by atoms with van der Waals surface area (Å²) in [5.41, 5.74) is 2.88. The molecule has 1 amide bonds. The Labute approximate surface area is 153 Å². The lowest BCUT2D eigenvalue weighted by Gasteiger charge is -2.38. The van der Waals surface area contributed by atoms with E-state index in [4.69, 9.17) is 0 Å². The number of amides is 1. The summed E-state index contributed by atoms with van der Waals surface area (Å²) in [6.07, 6.45) is 0. The van der Waals surface area contributed by atoms with Crippen molar-refractivity contribution < 1.29 is 17.6 Å². The Morgan fingerprint density at radius 3 is 2.35 bits per heavy atom. The minimum absolute atomic E-state index is 0.0151. The van der Waals surface area contributed by atoms with Gasteiger partial charge in [-0.1, -0.05) is 12.1 Å². The summed E-state index contributed by atoms with van der Waals surface area (Å²) in [6.45, 7) is 5.96. The van der Waals surface area contributed by atoms with Gasteiger partial charge in [-0.25, -0.2) is 12.8 Å². The van der Waals surface area contributed by atoms with Gasteiger partial charge < -0.3 is 4.90 Å². The lowest BCUT2D eigenvalue weighted by molar-refractivity contribution is -0.123. The fourth-order valence-electron chi connectivity index (χ4n) is 3.19. The van der Waals surface area contributed by atoms with Gasteiger partial charge in [-0.15, -0.1) is 0 Å². The van der Waals surface area contributed by atoms with Gasteiger partial charge in [-0.3, -0.25) is 4.79 Å². The van der Waals surface area contributed by atoms with Crippen molar-refractivity contribution in [1.29, 1.82) is 0 Å². The van der Waals surface area contributed by atoms with Crippen molar-refractivity contribution in [2.45, 2.75) is 31.7 Å². The number of nitrogens with zero attached hydrogens (tertiary/aromatic N) is 2. The van der Waals surface area contributed by atoms with Crippen molar-refractivity contribution in [2.75, 3.05) is 18.0 Å². The molecule has 1 saturated heterocycles. The molecule has 7 heteroatoms. The number of hydrogen-bond acceptors (Lipinski definition) is 3. The number of aryl methyl sites for hydroxylation is 1. The van der Waals surface area contributed by atoms with E-state index in [1.807, 2.05) is 32.0 Å². The maximum absolute atomic E-state index is 13.1. The molecule has 0 bridgehead atoms. The zero-order chi connectivity index (χ0) is 19.1. The number of carbonyl (C=O) groups excluding carboxylic acids is 1. The second-order valence-electron chi connectivity index (χ2n) is 6.45. The van der Waals surface area contributed by atoms with Crippen LogP contribution in [0.25, 0.3) is 0 Å². The van der Waals surface area contributed by atoms with Crippen LogP contribution in [-0.2, 0) is 14.8 Å². The standard InChI is InChI=1S/C19H21FN2O3S/c1-13-5-4-6-18(14(13)2)21-11-12-22(15(3)19(21)23)26(24,25)17-9-7-16(20)8-10-17/h4-10,15H,11-12H2,1-3H3/t15-/m0/s1. The molecule has 0 aromatic heterocycles. The third kappa shape index (κ3) is 3.12. The van der Waals surface area contributed by atoms with Crippen molar-refractivity contribution in [1.82, 2.24) is 4.31 Å². The van der Waals surface area contributed by atoms with Gasteiger partial charge in [-0.2, -0.15) is 4.31 Å². The largest absolute Gasteiger partial charge is 0.309 e. The summed E-state index contributed by atoms with van der Waals surface area (Å²) in [6, 6.07) is 9.55. The molecular formula is C19H21FN2O3S. The van der Waals surface area contributed by atoms with Gasteiger partial charge in [0.15, 0.2) is 0 Å². The van der Waals surface area contributed by atoms with E-state index >= 15 is 0 Å². The molecular weight excluding hydrogens is 355 g/mol. The summed E-state index contributed by atoms with van der Waals surface area (Å²) in [4.78, 5) is 14.5. The number of benzene rings is 2. The van der Waals surface area contributed by atoms with Crippen LogP contribution in [0.2, 0.25) is 0 Å². The highest BCUT2D eigenvalue weighted by atomic mass is 32.2. The smallest absolute Gasteiger partial charge is 0.245 e. The van der Waals surface area contributed by atoms with Crippen molar-refractivity contribution in [3.63, 3.8) is 0 Å². The van der Waals surface area contributed by atoms with E-state index < -0.39 is 21.9 Å². The predicted molar refractivity (Wildman–Crippen MR) is 98.0 cm³/mol. The monoisotopic (exact) mass is 376 g/mol. The number of hydrogen-bond donors (Lipinski definition) is 0. The fourth-order valence-corrected chi connectivity index (χ4v) is 4.77. The summed E-state index contributed by atoms with van der Waals surface area (Å²) < 4.78 is 40.0. The van der Waals surface area contributed by atoms with E-state index in [1.54, 1.807) is 11.8 Å². The van der Waals surface area contributed by atoms with Gasteiger partial charge in [0.25, 0.3) is 0 Å². The third-order valence-corrected chi connectivity index (χ3v) is 6.87. The Morgan fingerprint density at radius 2 is 1.69 bits per heavy atom. The van der Waals surface area contributed by atoms with Crippen LogP contribution in [0.3, 0.4) is 0 Å². The SMILES string of the molecule is Cc1cccc(N2CCN(S(=O)(=O)c3ccc(F)cc3)[C@@H](C)C2=O)c1C. The number of halogens is 1. The van der Waals surface area contributed by atoms with Crippen LogP contribution in [0.4, 0.5) is 10.1 Å². The molecule has 0 spiro atoms. The first-order valence-corrected chi connectivity index (χ1v) is 9.82. The quantitative estimate of drug-likeness (QED) is 0.828. The third-order valence-electron chi connectivity index (χ3n) is 4.89. The van der Waals surface area contributed by atoms with Crippen molar-refractivity contribution in [2.24, 2.45) is 0 Å². The Kier molecular flexibility index (Phi) is 4.86. The normalized spacial score (nSPS) is 19.0. The summed E-state index contributed by atoms with van der Waals surface area (Å²) >= 11 is 0.